The predicted octanol–water partition coefficient (Wildman–Crippen LogP) is 4.28. The van der Waals surface area contributed by atoms with Gasteiger partial charge in [-0.1, -0.05) is 32.9 Å². The third-order valence-corrected chi connectivity index (χ3v) is 3.41. The minimum Gasteiger partial charge on any atom is -0.322 e. The van der Waals surface area contributed by atoms with Crippen molar-refractivity contribution in [3.8, 4) is 0 Å². The molecule has 120 valence electrons. The number of anilines is 1. The van der Waals surface area contributed by atoms with Crippen LogP contribution in [0.25, 0.3) is 0 Å². The van der Waals surface area contributed by atoms with E-state index in [0.29, 0.717) is 5.56 Å². The molecule has 2 aromatic rings. The van der Waals surface area contributed by atoms with Gasteiger partial charge in [-0.3, -0.25) is 14.9 Å². The summed E-state index contributed by atoms with van der Waals surface area (Å²) in [5.74, 6) is -1.35. The number of hydrogen-bond acceptors (Lipinski definition) is 3. The lowest BCUT2D eigenvalue weighted by Crippen LogP contribution is -2.14. The zero-order valence-corrected chi connectivity index (χ0v) is 13.1. The summed E-state index contributed by atoms with van der Waals surface area (Å²) in [4.78, 5) is 22.1. The van der Waals surface area contributed by atoms with Gasteiger partial charge in [0, 0.05) is 17.3 Å². The summed E-state index contributed by atoms with van der Waals surface area (Å²) in [6.07, 6.45) is 0. The second-order valence-electron chi connectivity index (χ2n) is 6.20. The number of rotatable bonds is 3. The Balaban J connectivity index is 2.19. The van der Waals surface area contributed by atoms with Gasteiger partial charge < -0.3 is 5.32 Å². The summed E-state index contributed by atoms with van der Waals surface area (Å²) < 4.78 is 13.3. The number of nitrogens with one attached hydrogen (secondary N) is 1. The molecule has 0 spiro atoms. The van der Waals surface area contributed by atoms with Crippen LogP contribution in [-0.4, -0.2) is 10.8 Å². The first kappa shape index (κ1) is 16.6. The molecule has 0 bridgehead atoms. The van der Waals surface area contributed by atoms with E-state index in [9.17, 15) is 19.3 Å². The van der Waals surface area contributed by atoms with Crippen LogP contribution in [0.3, 0.4) is 0 Å². The number of nitro groups is 1. The highest BCUT2D eigenvalue weighted by molar-refractivity contribution is 6.04. The van der Waals surface area contributed by atoms with E-state index in [0.717, 1.165) is 17.7 Å². The van der Waals surface area contributed by atoms with Crippen molar-refractivity contribution in [2.45, 2.75) is 26.2 Å². The van der Waals surface area contributed by atoms with Gasteiger partial charge in [-0.15, -0.1) is 0 Å². The van der Waals surface area contributed by atoms with Crippen LogP contribution in [-0.2, 0) is 5.41 Å². The summed E-state index contributed by atoms with van der Waals surface area (Å²) >= 11 is 0. The first-order valence-electron chi connectivity index (χ1n) is 7.04. The normalized spacial score (nSPS) is 11.1. The van der Waals surface area contributed by atoms with Gasteiger partial charge in [0.1, 0.15) is 0 Å². The van der Waals surface area contributed by atoms with Crippen molar-refractivity contribution >= 4 is 17.3 Å². The first-order valence-corrected chi connectivity index (χ1v) is 7.04. The molecule has 0 saturated heterocycles. The molecule has 0 aliphatic heterocycles. The fourth-order valence-electron chi connectivity index (χ4n) is 2.06. The van der Waals surface area contributed by atoms with E-state index in [4.69, 9.17) is 0 Å². The molecule has 0 aromatic heterocycles. The highest BCUT2D eigenvalue weighted by Crippen LogP contribution is 2.24. The van der Waals surface area contributed by atoms with Gasteiger partial charge in [0.05, 0.1) is 4.92 Å². The SMILES string of the molecule is CC(C)(C)c1ccc(C(=O)Nc2ccc(F)c([N+](=O)[O-])c2)cc1. The lowest BCUT2D eigenvalue weighted by molar-refractivity contribution is -0.387. The molecule has 0 saturated carbocycles. The Hall–Kier alpha value is -2.76. The topological polar surface area (TPSA) is 72.2 Å². The molecule has 0 radical (unpaired) electrons. The summed E-state index contributed by atoms with van der Waals surface area (Å²) in [7, 11) is 0. The van der Waals surface area contributed by atoms with E-state index in [1.54, 1.807) is 12.1 Å². The molecule has 5 nitrogen and oxygen atoms in total. The Kier molecular flexibility index (Phi) is 4.45. The number of hydrogen-bond donors (Lipinski definition) is 1. The number of carbonyl (C=O) groups is 1. The minimum atomic E-state index is -0.942. The van der Waals surface area contributed by atoms with Crippen molar-refractivity contribution in [2.24, 2.45) is 0 Å². The fourth-order valence-corrected chi connectivity index (χ4v) is 2.06. The number of nitrogens with zero attached hydrogens (tertiary/aromatic N) is 1. The van der Waals surface area contributed by atoms with Crippen LogP contribution in [0.15, 0.2) is 42.5 Å². The van der Waals surface area contributed by atoms with E-state index in [1.165, 1.54) is 6.07 Å². The average Bonchev–Trinajstić information content (AvgIpc) is 2.48. The summed E-state index contributed by atoms with van der Waals surface area (Å²) in [5.41, 5.74) is 0.984. The summed E-state index contributed by atoms with van der Waals surface area (Å²) in [6.45, 7) is 6.21. The van der Waals surface area contributed by atoms with Crippen LogP contribution in [0.2, 0.25) is 0 Å². The second kappa shape index (κ2) is 6.16. The quantitative estimate of drug-likeness (QED) is 0.678. The maximum absolute atomic E-state index is 13.3. The van der Waals surface area contributed by atoms with Gasteiger partial charge in [-0.05, 0) is 35.2 Å². The third-order valence-electron chi connectivity index (χ3n) is 3.41. The molecule has 6 heteroatoms. The van der Waals surface area contributed by atoms with Crippen LogP contribution in [0.1, 0.15) is 36.7 Å². The van der Waals surface area contributed by atoms with Crippen LogP contribution < -0.4 is 5.32 Å². The number of benzene rings is 2. The molecule has 0 unspecified atom stereocenters. The van der Waals surface area contributed by atoms with Crippen LogP contribution in [0.5, 0.6) is 0 Å². The lowest BCUT2D eigenvalue weighted by atomic mass is 9.87. The van der Waals surface area contributed by atoms with E-state index >= 15 is 0 Å². The van der Waals surface area contributed by atoms with Gasteiger partial charge in [-0.2, -0.15) is 4.39 Å². The van der Waals surface area contributed by atoms with Crippen molar-refractivity contribution in [3.05, 3.63) is 69.5 Å². The molecule has 0 heterocycles. The Labute approximate surface area is 133 Å². The number of carbonyl (C=O) groups excluding carboxylic acids is 1. The van der Waals surface area contributed by atoms with Gasteiger partial charge in [0.2, 0.25) is 5.82 Å². The van der Waals surface area contributed by atoms with Crippen LogP contribution >= 0.6 is 0 Å². The Morgan fingerprint density at radius 1 is 1.13 bits per heavy atom. The molecule has 2 aromatic carbocycles. The third kappa shape index (κ3) is 3.91. The Morgan fingerprint density at radius 2 is 1.74 bits per heavy atom. The van der Waals surface area contributed by atoms with Crippen molar-refractivity contribution in [2.75, 3.05) is 5.32 Å². The van der Waals surface area contributed by atoms with E-state index in [-0.39, 0.29) is 11.1 Å². The first-order chi connectivity index (χ1) is 10.7. The molecule has 1 amide bonds. The van der Waals surface area contributed by atoms with Gasteiger partial charge in [-0.25, -0.2) is 0 Å². The maximum atomic E-state index is 13.3. The van der Waals surface area contributed by atoms with Gasteiger partial charge >= 0.3 is 5.69 Å². The van der Waals surface area contributed by atoms with Crippen molar-refractivity contribution in [3.63, 3.8) is 0 Å². The number of halogens is 1. The smallest absolute Gasteiger partial charge is 0.306 e. The van der Waals surface area contributed by atoms with Crippen molar-refractivity contribution in [1.29, 1.82) is 0 Å². The monoisotopic (exact) mass is 316 g/mol. The molecule has 0 aliphatic rings. The minimum absolute atomic E-state index is 0.0213. The summed E-state index contributed by atoms with van der Waals surface area (Å²) in [5, 5.41) is 13.2. The average molecular weight is 316 g/mol. The Morgan fingerprint density at radius 3 is 2.26 bits per heavy atom. The number of amides is 1. The van der Waals surface area contributed by atoms with Crippen LogP contribution in [0, 0.1) is 15.9 Å². The second-order valence-corrected chi connectivity index (χ2v) is 6.20. The van der Waals surface area contributed by atoms with Gasteiger partial charge in [0.15, 0.2) is 0 Å². The highest BCUT2D eigenvalue weighted by Gasteiger charge is 2.17. The molecule has 0 atom stereocenters. The largest absolute Gasteiger partial charge is 0.322 e. The lowest BCUT2D eigenvalue weighted by Gasteiger charge is -2.19. The Bertz CT molecular complexity index is 749. The summed E-state index contributed by atoms with van der Waals surface area (Å²) in [6, 6.07) is 10.3. The standard InChI is InChI=1S/C17H17FN2O3/c1-17(2,3)12-6-4-11(5-7-12)16(21)19-13-8-9-14(18)15(10-13)20(22)23/h4-10H,1-3H3,(H,19,21). The molecule has 1 N–H and O–H groups in total. The molecule has 2 rings (SSSR count). The molecular weight excluding hydrogens is 299 g/mol. The highest BCUT2D eigenvalue weighted by atomic mass is 19.1. The van der Waals surface area contributed by atoms with E-state index in [1.807, 2.05) is 12.1 Å². The van der Waals surface area contributed by atoms with Crippen molar-refractivity contribution in [1.82, 2.24) is 0 Å². The fraction of sp³-hybridized carbons (Fsp3) is 0.235. The maximum Gasteiger partial charge on any atom is 0.306 e. The van der Waals surface area contributed by atoms with Crippen LogP contribution in [0.4, 0.5) is 15.8 Å². The zero-order valence-electron chi connectivity index (χ0n) is 13.1. The van der Waals surface area contributed by atoms with E-state index < -0.39 is 22.3 Å². The zero-order chi connectivity index (χ0) is 17.2. The van der Waals surface area contributed by atoms with E-state index in [2.05, 4.69) is 26.1 Å². The number of nitro benzene ring substituents is 1. The molecular formula is C17H17FN2O3. The molecule has 0 fully saturated rings. The molecule has 23 heavy (non-hydrogen) atoms. The predicted molar refractivity (Wildman–Crippen MR) is 86.1 cm³/mol. The van der Waals surface area contributed by atoms with Gasteiger partial charge in [0.25, 0.3) is 5.91 Å². The molecule has 0 aliphatic carbocycles. The van der Waals surface area contributed by atoms with Crippen molar-refractivity contribution < 1.29 is 14.1 Å².